The summed E-state index contributed by atoms with van der Waals surface area (Å²) in [6, 6.07) is 16.7. The molecule has 7 heteroatoms. The van der Waals surface area contributed by atoms with Gasteiger partial charge in [0.05, 0.1) is 24.7 Å². The minimum atomic E-state index is -0.881. The molecule has 2 aromatic rings. The highest BCUT2D eigenvalue weighted by molar-refractivity contribution is 5.70. The smallest absolute Gasteiger partial charge is 0.410 e. The zero-order chi connectivity index (χ0) is 29.0. The first-order valence-corrected chi connectivity index (χ1v) is 13.6. The number of benzene rings is 2. The second-order valence-electron chi connectivity index (χ2n) is 11.4. The summed E-state index contributed by atoms with van der Waals surface area (Å²) in [5.74, 6) is -0.217. The number of allylic oxidation sites excluding steroid dienone is 1. The number of aliphatic carboxylic acids is 1. The van der Waals surface area contributed by atoms with Crippen molar-refractivity contribution in [1.29, 1.82) is 0 Å². The van der Waals surface area contributed by atoms with Gasteiger partial charge in [0.25, 0.3) is 0 Å². The van der Waals surface area contributed by atoms with Crippen LogP contribution in [0.3, 0.4) is 0 Å². The van der Waals surface area contributed by atoms with Gasteiger partial charge >= 0.3 is 12.1 Å². The minimum absolute atomic E-state index is 0.269. The fraction of sp³-hybridized carbons (Fsp3) is 0.500. The molecule has 0 spiro atoms. The Morgan fingerprint density at radius 3 is 2.08 bits per heavy atom. The highest BCUT2D eigenvalue weighted by Crippen LogP contribution is 2.21. The number of nitrogens with zero attached hydrogens (tertiary/aromatic N) is 1. The molecule has 0 radical (unpaired) electrons. The Morgan fingerprint density at radius 1 is 0.923 bits per heavy atom. The zero-order valence-electron chi connectivity index (χ0n) is 24.2. The van der Waals surface area contributed by atoms with Crippen LogP contribution in [-0.2, 0) is 22.4 Å². The summed E-state index contributed by atoms with van der Waals surface area (Å²) in [7, 11) is 1.63. The average Bonchev–Trinajstić information content (AvgIpc) is 2.87. The van der Waals surface area contributed by atoms with E-state index in [4.69, 9.17) is 9.47 Å². The van der Waals surface area contributed by atoms with Gasteiger partial charge in [-0.1, -0.05) is 68.5 Å². The van der Waals surface area contributed by atoms with Crippen molar-refractivity contribution >= 4 is 12.1 Å². The van der Waals surface area contributed by atoms with Crippen LogP contribution in [0.4, 0.5) is 4.79 Å². The van der Waals surface area contributed by atoms with Crippen molar-refractivity contribution in [3.63, 3.8) is 0 Å². The third-order valence-corrected chi connectivity index (χ3v) is 6.21. The van der Waals surface area contributed by atoms with E-state index in [9.17, 15) is 19.8 Å². The van der Waals surface area contributed by atoms with E-state index >= 15 is 0 Å². The maximum atomic E-state index is 12.9. The van der Waals surface area contributed by atoms with Crippen LogP contribution < -0.4 is 4.74 Å². The Balaban J connectivity index is 2.09. The fourth-order valence-electron chi connectivity index (χ4n) is 4.05. The van der Waals surface area contributed by atoms with Crippen molar-refractivity contribution in [3.8, 4) is 5.75 Å². The molecule has 0 bridgehead atoms. The van der Waals surface area contributed by atoms with Gasteiger partial charge in [-0.25, -0.2) is 4.79 Å². The van der Waals surface area contributed by atoms with Crippen LogP contribution in [0.25, 0.3) is 0 Å². The van der Waals surface area contributed by atoms with Crippen LogP contribution in [0.2, 0.25) is 0 Å². The highest BCUT2D eigenvalue weighted by atomic mass is 16.6. The van der Waals surface area contributed by atoms with Gasteiger partial charge in [-0.2, -0.15) is 0 Å². The molecular weight excluding hydrogens is 494 g/mol. The first kappa shape index (κ1) is 31.9. The number of ether oxygens (including phenoxy) is 2. The van der Waals surface area contributed by atoms with E-state index in [1.807, 2.05) is 54.6 Å². The zero-order valence-corrected chi connectivity index (χ0v) is 24.2. The van der Waals surface area contributed by atoms with Crippen molar-refractivity contribution in [2.24, 2.45) is 11.8 Å². The van der Waals surface area contributed by atoms with Crippen LogP contribution in [0.1, 0.15) is 58.6 Å². The molecule has 0 saturated heterocycles. The van der Waals surface area contributed by atoms with Gasteiger partial charge in [-0.3, -0.25) is 4.79 Å². The van der Waals surface area contributed by atoms with E-state index in [2.05, 4.69) is 13.8 Å². The molecule has 0 unspecified atom stereocenters. The molecule has 39 heavy (non-hydrogen) atoms. The summed E-state index contributed by atoms with van der Waals surface area (Å²) >= 11 is 0. The molecule has 2 aromatic carbocycles. The lowest BCUT2D eigenvalue weighted by atomic mass is 9.95. The summed E-state index contributed by atoms with van der Waals surface area (Å²) in [5.41, 5.74) is 1.25. The van der Waals surface area contributed by atoms with E-state index in [1.165, 1.54) is 4.90 Å². The van der Waals surface area contributed by atoms with Gasteiger partial charge in [-0.05, 0) is 75.6 Å². The monoisotopic (exact) mass is 539 g/mol. The lowest BCUT2D eigenvalue weighted by Crippen LogP contribution is -2.47. The molecule has 2 N–H and O–H groups in total. The number of hydrogen-bond donors (Lipinski definition) is 2. The Kier molecular flexibility index (Phi) is 12.5. The summed E-state index contributed by atoms with van der Waals surface area (Å²) in [4.78, 5) is 26.1. The fourth-order valence-corrected chi connectivity index (χ4v) is 4.05. The van der Waals surface area contributed by atoms with Gasteiger partial charge in [0.15, 0.2) is 0 Å². The number of carbonyl (C=O) groups excluding carboxylic acids is 1. The standard InChI is InChI=1S/C32H45NO6/c1-23(2)22-38-27-18-16-25(17-19-27)21-28(33(6)31(37)39-32(3,4)5)29(34)15-11-10-14-26(30(35)36)20-24-12-8-7-9-13-24/h7-13,16-19,23,26,28-29,34H,14-15,20-22H2,1-6H3,(H,35,36)/b11-10+/t26-,28-,29+/m0/s1. The number of rotatable bonds is 14. The maximum Gasteiger partial charge on any atom is 0.410 e. The molecular formula is C32H45NO6. The van der Waals surface area contributed by atoms with Gasteiger partial charge in [0.2, 0.25) is 0 Å². The average molecular weight is 540 g/mol. The molecule has 0 aliphatic heterocycles. The number of amides is 1. The Labute approximate surface area is 233 Å². The number of aliphatic hydroxyl groups excluding tert-OH is 1. The lowest BCUT2D eigenvalue weighted by Gasteiger charge is -2.33. The minimum Gasteiger partial charge on any atom is -0.493 e. The topological polar surface area (TPSA) is 96.3 Å². The molecule has 7 nitrogen and oxygen atoms in total. The van der Waals surface area contributed by atoms with E-state index in [0.29, 0.717) is 31.8 Å². The molecule has 3 atom stereocenters. The van der Waals surface area contributed by atoms with Gasteiger partial charge in [0, 0.05) is 7.05 Å². The van der Waals surface area contributed by atoms with Crippen molar-refractivity contribution < 1.29 is 29.3 Å². The van der Waals surface area contributed by atoms with Gasteiger partial charge in [0.1, 0.15) is 11.4 Å². The first-order valence-electron chi connectivity index (χ1n) is 13.6. The van der Waals surface area contributed by atoms with Crippen LogP contribution >= 0.6 is 0 Å². The molecule has 0 aromatic heterocycles. The molecule has 1 amide bonds. The van der Waals surface area contributed by atoms with Gasteiger partial charge in [-0.15, -0.1) is 0 Å². The highest BCUT2D eigenvalue weighted by Gasteiger charge is 2.30. The Hall–Kier alpha value is -3.32. The molecule has 214 valence electrons. The second kappa shape index (κ2) is 15.3. The summed E-state index contributed by atoms with van der Waals surface area (Å²) in [5, 5.41) is 20.8. The number of aliphatic hydroxyl groups is 1. The van der Waals surface area contributed by atoms with Crippen molar-refractivity contribution in [1.82, 2.24) is 4.90 Å². The van der Waals surface area contributed by atoms with E-state index in [-0.39, 0.29) is 6.42 Å². The molecule has 2 rings (SSSR count). The van der Waals surface area contributed by atoms with Crippen LogP contribution in [0.15, 0.2) is 66.7 Å². The number of hydrogen-bond acceptors (Lipinski definition) is 5. The van der Waals surface area contributed by atoms with E-state index in [1.54, 1.807) is 40.0 Å². The van der Waals surface area contributed by atoms with Gasteiger partial charge < -0.3 is 24.6 Å². The Bertz CT molecular complexity index is 1040. The number of carboxylic acid groups (broad SMARTS) is 1. The number of likely N-dealkylation sites (N-methyl/N-ethyl adjacent to an activating group) is 1. The normalized spacial score (nSPS) is 14.2. The molecule has 0 aliphatic rings. The van der Waals surface area contributed by atoms with Crippen molar-refractivity contribution in [2.45, 2.75) is 78.0 Å². The van der Waals surface area contributed by atoms with Crippen LogP contribution in [-0.4, -0.2) is 58.6 Å². The molecule has 0 heterocycles. The predicted octanol–water partition coefficient (Wildman–Crippen LogP) is 6.14. The largest absolute Gasteiger partial charge is 0.493 e. The van der Waals surface area contributed by atoms with Crippen molar-refractivity contribution in [3.05, 3.63) is 77.9 Å². The van der Waals surface area contributed by atoms with E-state index < -0.39 is 35.7 Å². The van der Waals surface area contributed by atoms with Crippen LogP contribution in [0, 0.1) is 11.8 Å². The quantitative estimate of drug-likeness (QED) is 0.280. The first-order chi connectivity index (χ1) is 18.4. The predicted molar refractivity (Wildman–Crippen MR) is 154 cm³/mol. The second-order valence-corrected chi connectivity index (χ2v) is 11.4. The molecule has 0 aliphatic carbocycles. The summed E-state index contributed by atoms with van der Waals surface area (Å²) in [6.07, 6.45) is 3.67. The lowest BCUT2D eigenvalue weighted by molar-refractivity contribution is -0.141. The molecule has 0 saturated carbocycles. The van der Waals surface area contributed by atoms with Crippen LogP contribution in [0.5, 0.6) is 5.75 Å². The molecule has 0 fully saturated rings. The summed E-state index contributed by atoms with van der Waals surface area (Å²) in [6.45, 7) is 10.2. The van der Waals surface area contributed by atoms with Crippen molar-refractivity contribution in [2.75, 3.05) is 13.7 Å². The number of carboxylic acids is 1. The maximum absolute atomic E-state index is 12.9. The number of carbonyl (C=O) groups is 2. The third kappa shape index (κ3) is 11.9. The van der Waals surface area contributed by atoms with E-state index in [0.717, 1.165) is 16.9 Å². The third-order valence-electron chi connectivity index (χ3n) is 6.21. The SMILES string of the molecule is CC(C)COc1ccc(C[C@@H]([C@H](O)C/C=C/C[C@@H](Cc2ccccc2)C(=O)O)N(C)C(=O)OC(C)(C)C)cc1. The summed E-state index contributed by atoms with van der Waals surface area (Å²) < 4.78 is 11.3. The Morgan fingerprint density at radius 2 is 1.51 bits per heavy atom.